The van der Waals surface area contributed by atoms with Crippen LogP contribution in [-0.4, -0.2) is 17.0 Å². The van der Waals surface area contributed by atoms with E-state index in [1.165, 1.54) is 0 Å². The summed E-state index contributed by atoms with van der Waals surface area (Å²) in [5, 5.41) is 0. The van der Waals surface area contributed by atoms with E-state index >= 15 is 0 Å². The van der Waals surface area contributed by atoms with Gasteiger partial charge in [0.2, 0.25) is 5.91 Å². The van der Waals surface area contributed by atoms with E-state index in [0.717, 1.165) is 12.8 Å². The van der Waals surface area contributed by atoms with Crippen LogP contribution in [0, 0.1) is 5.41 Å². The highest BCUT2D eigenvalue weighted by Crippen LogP contribution is 2.52. The van der Waals surface area contributed by atoms with Gasteiger partial charge < -0.3 is 17.2 Å². The molecule has 1 aliphatic rings. The van der Waals surface area contributed by atoms with Gasteiger partial charge >= 0.3 is 0 Å². The lowest BCUT2D eigenvalue weighted by molar-refractivity contribution is -0.142. The van der Waals surface area contributed by atoms with Crippen LogP contribution in [0.1, 0.15) is 40.0 Å². The van der Waals surface area contributed by atoms with Crippen LogP contribution in [0.5, 0.6) is 0 Å². The first-order valence-electron chi connectivity index (χ1n) is 4.98. The van der Waals surface area contributed by atoms with Gasteiger partial charge in [-0.1, -0.05) is 0 Å². The summed E-state index contributed by atoms with van der Waals surface area (Å²) in [5.41, 5.74) is 15.9. The molecule has 0 spiro atoms. The Balaban J connectivity index is 2.91. The predicted octanol–water partition coefficient (Wildman–Crippen LogP) is 0.0967. The smallest absolute Gasteiger partial charge is 0.225 e. The van der Waals surface area contributed by atoms with E-state index in [4.69, 9.17) is 17.2 Å². The van der Waals surface area contributed by atoms with Gasteiger partial charge in [0.05, 0.1) is 5.41 Å². The standard InChI is InChI=1S/C10H21N3O/c1-8(2,12)6-10(7(11)14)5-4-9(10,3)13/h4-6,12-13H2,1-3H3,(H2,11,14). The zero-order valence-corrected chi connectivity index (χ0v) is 9.26. The summed E-state index contributed by atoms with van der Waals surface area (Å²) in [5.74, 6) is -0.313. The largest absolute Gasteiger partial charge is 0.369 e. The van der Waals surface area contributed by atoms with E-state index in [1.807, 2.05) is 20.8 Å². The van der Waals surface area contributed by atoms with Gasteiger partial charge in [-0.3, -0.25) is 4.79 Å². The Morgan fingerprint density at radius 1 is 1.43 bits per heavy atom. The van der Waals surface area contributed by atoms with E-state index in [2.05, 4.69) is 0 Å². The summed E-state index contributed by atoms with van der Waals surface area (Å²) in [6.07, 6.45) is 2.16. The predicted molar refractivity (Wildman–Crippen MR) is 56.3 cm³/mol. The van der Waals surface area contributed by atoms with Crippen LogP contribution in [0.25, 0.3) is 0 Å². The Kier molecular flexibility index (Phi) is 2.41. The summed E-state index contributed by atoms with van der Waals surface area (Å²) in [7, 11) is 0. The average Bonchev–Trinajstić information content (AvgIpc) is 1.95. The van der Waals surface area contributed by atoms with Gasteiger partial charge in [-0.25, -0.2) is 0 Å². The van der Waals surface area contributed by atoms with Crippen LogP contribution in [0.3, 0.4) is 0 Å². The quantitative estimate of drug-likeness (QED) is 0.601. The highest BCUT2D eigenvalue weighted by atomic mass is 16.1. The number of carbonyl (C=O) groups excluding carboxylic acids is 1. The van der Waals surface area contributed by atoms with Crippen molar-refractivity contribution in [1.82, 2.24) is 0 Å². The summed E-state index contributed by atoms with van der Waals surface area (Å²) in [6, 6.07) is 0. The minimum atomic E-state index is -0.606. The van der Waals surface area contributed by atoms with E-state index < -0.39 is 16.5 Å². The van der Waals surface area contributed by atoms with Gasteiger partial charge in [0.1, 0.15) is 0 Å². The van der Waals surface area contributed by atoms with Gasteiger partial charge in [0, 0.05) is 11.1 Å². The lowest BCUT2D eigenvalue weighted by Crippen LogP contribution is -2.69. The maximum absolute atomic E-state index is 11.5. The van der Waals surface area contributed by atoms with Gasteiger partial charge in [0.15, 0.2) is 0 Å². The third-order valence-electron chi connectivity index (χ3n) is 3.39. The van der Waals surface area contributed by atoms with Gasteiger partial charge in [0.25, 0.3) is 0 Å². The second-order valence-corrected chi connectivity index (χ2v) is 5.53. The van der Waals surface area contributed by atoms with Crippen LogP contribution in [0.15, 0.2) is 0 Å². The Bertz CT molecular complexity index is 255. The molecule has 6 N–H and O–H groups in total. The molecule has 1 rings (SSSR count). The van der Waals surface area contributed by atoms with Gasteiger partial charge in [-0.15, -0.1) is 0 Å². The van der Waals surface area contributed by atoms with E-state index in [1.54, 1.807) is 0 Å². The Hall–Kier alpha value is -0.610. The molecule has 1 amide bonds. The number of hydrogen-bond acceptors (Lipinski definition) is 3. The average molecular weight is 199 g/mol. The maximum Gasteiger partial charge on any atom is 0.225 e. The van der Waals surface area contributed by atoms with Crippen molar-refractivity contribution >= 4 is 5.91 Å². The molecule has 4 heteroatoms. The molecule has 0 aromatic rings. The molecule has 0 aromatic heterocycles. The molecule has 14 heavy (non-hydrogen) atoms. The Morgan fingerprint density at radius 2 is 1.93 bits per heavy atom. The molecule has 0 bridgehead atoms. The van der Waals surface area contributed by atoms with Crippen LogP contribution >= 0.6 is 0 Å². The minimum Gasteiger partial charge on any atom is -0.369 e. The number of hydrogen-bond donors (Lipinski definition) is 3. The van der Waals surface area contributed by atoms with Crippen LogP contribution in [0.2, 0.25) is 0 Å². The molecule has 1 saturated carbocycles. The van der Waals surface area contributed by atoms with Crippen molar-refractivity contribution in [2.45, 2.75) is 51.1 Å². The fourth-order valence-corrected chi connectivity index (χ4v) is 2.38. The van der Waals surface area contributed by atoms with Crippen LogP contribution < -0.4 is 17.2 Å². The number of amides is 1. The van der Waals surface area contributed by atoms with Crippen molar-refractivity contribution in [3.8, 4) is 0 Å². The van der Waals surface area contributed by atoms with Crippen molar-refractivity contribution in [3.05, 3.63) is 0 Å². The lowest BCUT2D eigenvalue weighted by Gasteiger charge is -2.55. The molecule has 82 valence electrons. The second kappa shape index (κ2) is 2.94. The molecule has 0 saturated heterocycles. The van der Waals surface area contributed by atoms with Crippen molar-refractivity contribution in [1.29, 1.82) is 0 Å². The summed E-state index contributed by atoms with van der Waals surface area (Å²) in [6.45, 7) is 5.67. The van der Waals surface area contributed by atoms with E-state index in [0.29, 0.717) is 6.42 Å². The fraction of sp³-hybridized carbons (Fsp3) is 0.900. The molecule has 1 fully saturated rings. The summed E-state index contributed by atoms with van der Waals surface area (Å²) < 4.78 is 0. The maximum atomic E-state index is 11.5. The minimum absolute atomic E-state index is 0.313. The highest BCUT2D eigenvalue weighted by molar-refractivity contribution is 5.84. The molecular formula is C10H21N3O. The summed E-state index contributed by atoms with van der Waals surface area (Å²) >= 11 is 0. The topological polar surface area (TPSA) is 95.1 Å². The normalized spacial score (nSPS) is 37.8. The molecule has 1 aliphatic carbocycles. The van der Waals surface area contributed by atoms with Crippen LogP contribution in [0.4, 0.5) is 0 Å². The molecule has 0 aliphatic heterocycles. The number of rotatable bonds is 3. The second-order valence-electron chi connectivity index (χ2n) is 5.53. The molecular weight excluding hydrogens is 178 g/mol. The number of carbonyl (C=O) groups is 1. The third kappa shape index (κ3) is 1.64. The molecule has 2 atom stereocenters. The molecule has 2 unspecified atom stereocenters. The first kappa shape index (κ1) is 11.5. The molecule has 0 radical (unpaired) electrons. The third-order valence-corrected chi connectivity index (χ3v) is 3.39. The summed E-state index contributed by atoms with van der Waals surface area (Å²) in [4.78, 5) is 11.5. The fourth-order valence-electron chi connectivity index (χ4n) is 2.38. The highest BCUT2D eigenvalue weighted by Gasteiger charge is 2.59. The molecule has 0 aromatic carbocycles. The van der Waals surface area contributed by atoms with Crippen molar-refractivity contribution in [2.24, 2.45) is 22.6 Å². The number of nitrogens with two attached hydrogens (primary N) is 3. The first-order valence-corrected chi connectivity index (χ1v) is 4.98. The van der Waals surface area contributed by atoms with E-state index in [9.17, 15) is 4.79 Å². The Labute approximate surface area is 85.2 Å². The monoisotopic (exact) mass is 199 g/mol. The SMILES string of the molecule is CC(C)(N)CC1(C(N)=O)CCC1(C)N. The Morgan fingerprint density at radius 3 is 2.00 bits per heavy atom. The van der Waals surface area contributed by atoms with Crippen molar-refractivity contribution < 1.29 is 4.79 Å². The number of primary amides is 1. The van der Waals surface area contributed by atoms with Crippen LogP contribution in [-0.2, 0) is 4.79 Å². The first-order chi connectivity index (χ1) is 6.11. The van der Waals surface area contributed by atoms with Crippen molar-refractivity contribution in [3.63, 3.8) is 0 Å². The van der Waals surface area contributed by atoms with Gasteiger partial charge in [-0.2, -0.15) is 0 Å². The van der Waals surface area contributed by atoms with E-state index in [-0.39, 0.29) is 5.91 Å². The zero-order chi connectivity index (χ0) is 11.2. The van der Waals surface area contributed by atoms with Gasteiger partial charge in [-0.05, 0) is 40.0 Å². The zero-order valence-electron chi connectivity index (χ0n) is 9.26. The molecule has 0 heterocycles. The lowest BCUT2D eigenvalue weighted by atomic mass is 9.52. The molecule has 4 nitrogen and oxygen atoms in total. The van der Waals surface area contributed by atoms with Crippen molar-refractivity contribution in [2.75, 3.05) is 0 Å².